The average Bonchev–Trinajstić information content (AvgIpc) is 3.20. The molecule has 0 saturated heterocycles. The van der Waals surface area contributed by atoms with Crippen molar-refractivity contribution in [3.8, 4) is 0 Å². The van der Waals surface area contributed by atoms with E-state index in [0.717, 1.165) is 64.2 Å². The number of unbranched alkanes of at least 4 members (excludes halogenated alkanes) is 26. The van der Waals surface area contributed by atoms with E-state index in [4.69, 9.17) is 4.74 Å². The molecule has 0 saturated carbocycles. The van der Waals surface area contributed by atoms with E-state index in [-0.39, 0.29) is 31.3 Å². The van der Waals surface area contributed by atoms with Crippen LogP contribution in [0.2, 0.25) is 0 Å². The summed E-state index contributed by atoms with van der Waals surface area (Å²) in [5.41, 5.74) is 0. The minimum absolute atomic E-state index is 0.0466. The highest BCUT2D eigenvalue weighted by Gasteiger charge is 2.24. The lowest BCUT2D eigenvalue weighted by atomic mass is 10.0. The summed E-state index contributed by atoms with van der Waals surface area (Å²) in [6, 6.07) is -0.713. The van der Waals surface area contributed by atoms with Crippen molar-refractivity contribution in [3.63, 3.8) is 0 Å². The van der Waals surface area contributed by atoms with E-state index in [1.54, 1.807) is 0 Å². The Morgan fingerprint density at radius 3 is 1.37 bits per heavy atom. The first kappa shape index (κ1) is 55.1. The molecule has 0 aliphatic heterocycles. The number of aliphatic hydroxyl groups excluding tert-OH is 2. The Hall–Kier alpha value is -1.92. The molecule has 6 heteroatoms. The lowest BCUT2D eigenvalue weighted by Gasteiger charge is -2.24. The number of allylic oxidation sites excluding steroid dienone is 6. The number of rotatable bonds is 44. The van der Waals surface area contributed by atoms with Crippen LogP contribution in [-0.2, 0) is 14.3 Å². The van der Waals surface area contributed by atoms with Gasteiger partial charge in [0.05, 0.1) is 25.2 Å². The normalized spacial score (nSPS) is 13.6. The fourth-order valence-corrected chi connectivity index (χ4v) is 7.42. The number of hydrogen-bond donors (Lipinski definition) is 3. The standard InChI is InChI=1S/C51H95NO5/c1-4-7-10-13-16-19-22-24-26-28-30-33-36-39-42-47(57-51(56)44-41-38-35-32-29-25-23-20-17-14-11-8-5-2)45-50(55)52-48(46-53)49(54)43-40-37-34-31-27-21-18-15-12-9-6-3/h25-26,28-29,35,38,47-49,53-54H,4-24,27,30-34,36-37,39-46H2,1-3H3,(H,52,55)/b28-26+,29-25-,38-35+. The molecule has 0 aromatic rings. The first-order valence-electron chi connectivity index (χ1n) is 24.7. The van der Waals surface area contributed by atoms with Crippen molar-refractivity contribution in [2.45, 2.75) is 270 Å². The van der Waals surface area contributed by atoms with Crippen molar-refractivity contribution in [3.05, 3.63) is 36.5 Å². The van der Waals surface area contributed by atoms with Gasteiger partial charge in [-0.2, -0.15) is 0 Å². The highest BCUT2D eigenvalue weighted by Crippen LogP contribution is 2.17. The zero-order valence-corrected chi connectivity index (χ0v) is 38.0. The van der Waals surface area contributed by atoms with Gasteiger partial charge in [-0.1, -0.05) is 205 Å². The van der Waals surface area contributed by atoms with Crippen LogP contribution in [0.4, 0.5) is 0 Å². The average molecular weight is 802 g/mol. The fourth-order valence-electron chi connectivity index (χ4n) is 7.42. The van der Waals surface area contributed by atoms with Crippen LogP contribution < -0.4 is 5.32 Å². The smallest absolute Gasteiger partial charge is 0.306 e. The van der Waals surface area contributed by atoms with Crippen LogP contribution in [-0.4, -0.2) is 46.9 Å². The number of amides is 1. The first-order chi connectivity index (χ1) is 28.0. The van der Waals surface area contributed by atoms with Gasteiger partial charge in [0.25, 0.3) is 0 Å². The van der Waals surface area contributed by atoms with E-state index >= 15 is 0 Å². The van der Waals surface area contributed by atoms with Gasteiger partial charge in [-0.05, 0) is 70.6 Å². The summed E-state index contributed by atoms with van der Waals surface area (Å²) in [5.74, 6) is -0.564. The quantitative estimate of drug-likeness (QED) is 0.0324. The lowest BCUT2D eigenvalue weighted by molar-refractivity contribution is -0.150. The summed E-state index contributed by atoms with van der Waals surface area (Å²) in [6.07, 6.45) is 52.1. The maximum Gasteiger partial charge on any atom is 0.306 e. The third-order valence-corrected chi connectivity index (χ3v) is 11.2. The molecule has 6 nitrogen and oxygen atoms in total. The monoisotopic (exact) mass is 802 g/mol. The van der Waals surface area contributed by atoms with Gasteiger partial charge in [0.1, 0.15) is 6.10 Å². The molecule has 0 spiro atoms. The van der Waals surface area contributed by atoms with Gasteiger partial charge in [-0.25, -0.2) is 0 Å². The van der Waals surface area contributed by atoms with Crippen LogP contribution in [0.25, 0.3) is 0 Å². The van der Waals surface area contributed by atoms with Crippen molar-refractivity contribution in [2.75, 3.05) is 6.61 Å². The molecule has 3 atom stereocenters. The van der Waals surface area contributed by atoms with Gasteiger partial charge in [-0.15, -0.1) is 0 Å². The molecule has 1 amide bonds. The lowest BCUT2D eigenvalue weighted by Crippen LogP contribution is -2.46. The highest BCUT2D eigenvalue weighted by molar-refractivity contribution is 5.77. The van der Waals surface area contributed by atoms with Crippen molar-refractivity contribution in [1.29, 1.82) is 0 Å². The summed E-state index contributed by atoms with van der Waals surface area (Å²) in [7, 11) is 0. The van der Waals surface area contributed by atoms with Crippen LogP contribution in [0, 0.1) is 0 Å². The maximum atomic E-state index is 13.2. The van der Waals surface area contributed by atoms with E-state index in [9.17, 15) is 19.8 Å². The van der Waals surface area contributed by atoms with Crippen molar-refractivity contribution < 1.29 is 24.5 Å². The second-order valence-corrected chi connectivity index (χ2v) is 16.9. The van der Waals surface area contributed by atoms with E-state index in [1.807, 2.05) is 6.08 Å². The molecule has 0 aliphatic rings. The molecule has 3 N–H and O–H groups in total. The SMILES string of the molecule is CCCCCCCC/C=C\C/C=C/CCC(=O)OC(CCCCC/C=C/CCCCCCCCC)CC(=O)NC(CO)C(O)CCCCCCCCCCCCC. The number of carbonyl (C=O) groups is 2. The van der Waals surface area contributed by atoms with Crippen molar-refractivity contribution in [1.82, 2.24) is 5.32 Å². The van der Waals surface area contributed by atoms with Crippen LogP contribution in [0.15, 0.2) is 36.5 Å². The summed E-state index contributed by atoms with van der Waals surface area (Å²) < 4.78 is 5.87. The topological polar surface area (TPSA) is 95.9 Å². The molecular formula is C51H95NO5. The zero-order chi connectivity index (χ0) is 41.7. The Kier molecular flexibility index (Phi) is 43.6. The largest absolute Gasteiger partial charge is 0.462 e. The number of ether oxygens (including phenoxy) is 1. The Morgan fingerprint density at radius 2 is 0.895 bits per heavy atom. The summed E-state index contributed by atoms with van der Waals surface area (Å²) >= 11 is 0. The second-order valence-electron chi connectivity index (χ2n) is 16.9. The van der Waals surface area contributed by atoms with E-state index < -0.39 is 18.2 Å². The molecule has 0 heterocycles. The number of nitrogens with one attached hydrogen (secondary N) is 1. The van der Waals surface area contributed by atoms with Gasteiger partial charge < -0.3 is 20.3 Å². The van der Waals surface area contributed by atoms with Crippen LogP contribution >= 0.6 is 0 Å². The van der Waals surface area contributed by atoms with Gasteiger partial charge in [0.2, 0.25) is 5.91 Å². The van der Waals surface area contributed by atoms with Crippen molar-refractivity contribution in [2.24, 2.45) is 0 Å². The molecule has 3 unspecified atom stereocenters. The molecule has 0 fully saturated rings. The number of aliphatic hydroxyl groups is 2. The third-order valence-electron chi connectivity index (χ3n) is 11.2. The minimum atomic E-state index is -0.797. The molecule has 57 heavy (non-hydrogen) atoms. The molecule has 0 rings (SSSR count). The van der Waals surface area contributed by atoms with Gasteiger partial charge >= 0.3 is 5.97 Å². The first-order valence-corrected chi connectivity index (χ1v) is 24.7. The van der Waals surface area contributed by atoms with Crippen LogP contribution in [0.3, 0.4) is 0 Å². The summed E-state index contributed by atoms with van der Waals surface area (Å²) in [4.78, 5) is 26.0. The Morgan fingerprint density at radius 1 is 0.509 bits per heavy atom. The molecule has 0 aliphatic carbocycles. The van der Waals surface area contributed by atoms with Crippen molar-refractivity contribution >= 4 is 11.9 Å². The van der Waals surface area contributed by atoms with E-state index in [0.29, 0.717) is 19.3 Å². The molecule has 0 radical (unpaired) electrons. The molecule has 0 bridgehead atoms. The Balaban J connectivity index is 4.68. The number of carbonyl (C=O) groups excluding carboxylic acids is 2. The molecule has 0 aromatic carbocycles. The van der Waals surface area contributed by atoms with Gasteiger partial charge in [0, 0.05) is 6.42 Å². The molecule has 334 valence electrons. The van der Waals surface area contributed by atoms with Gasteiger partial charge in [0.15, 0.2) is 0 Å². The second kappa shape index (κ2) is 45.2. The highest BCUT2D eigenvalue weighted by atomic mass is 16.5. The van der Waals surface area contributed by atoms with E-state index in [2.05, 4.69) is 56.5 Å². The third kappa shape index (κ3) is 40.6. The van der Waals surface area contributed by atoms with Gasteiger partial charge in [-0.3, -0.25) is 9.59 Å². The predicted molar refractivity (Wildman–Crippen MR) is 246 cm³/mol. The number of hydrogen-bond acceptors (Lipinski definition) is 5. The Bertz CT molecular complexity index is 946. The molecular weight excluding hydrogens is 707 g/mol. The van der Waals surface area contributed by atoms with Crippen LogP contribution in [0.5, 0.6) is 0 Å². The number of esters is 1. The fraction of sp³-hybridized carbons (Fsp3) is 0.843. The summed E-state index contributed by atoms with van der Waals surface area (Å²) in [5, 5.41) is 23.7. The minimum Gasteiger partial charge on any atom is -0.462 e. The summed E-state index contributed by atoms with van der Waals surface area (Å²) in [6.45, 7) is 6.45. The predicted octanol–water partition coefficient (Wildman–Crippen LogP) is 14.5. The van der Waals surface area contributed by atoms with Crippen LogP contribution in [0.1, 0.15) is 252 Å². The maximum absolute atomic E-state index is 13.2. The Labute approximate surface area is 353 Å². The molecule has 0 aromatic heterocycles. The zero-order valence-electron chi connectivity index (χ0n) is 38.0. The van der Waals surface area contributed by atoms with E-state index in [1.165, 1.54) is 135 Å².